The molecule has 2 aliphatic rings. The van der Waals surface area contributed by atoms with Crippen molar-refractivity contribution in [3.8, 4) is 24.2 Å². The van der Waals surface area contributed by atoms with E-state index >= 15 is 0 Å². The minimum absolute atomic E-state index is 0.0960. The number of aliphatic hydroxyl groups excluding tert-OH is 2. The molecule has 2 fully saturated rings. The molecule has 0 bridgehead atoms. The fraction of sp³-hybridized carbons (Fsp3) is 0.400. The molecular formula is C25H24ClN5O2. The van der Waals surface area contributed by atoms with Crippen LogP contribution in [0.5, 0.6) is 0 Å². The van der Waals surface area contributed by atoms with Crippen molar-refractivity contribution >= 4 is 28.6 Å². The van der Waals surface area contributed by atoms with Gasteiger partial charge in [0.15, 0.2) is 17.0 Å². The second kappa shape index (κ2) is 9.03. The van der Waals surface area contributed by atoms with E-state index in [0.717, 1.165) is 36.8 Å². The Morgan fingerprint density at radius 1 is 1.18 bits per heavy atom. The quantitative estimate of drug-likeness (QED) is 0.296. The molecule has 0 unspecified atom stereocenters. The summed E-state index contributed by atoms with van der Waals surface area (Å²) in [6, 6.07) is 7.73. The zero-order valence-corrected chi connectivity index (χ0v) is 18.7. The minimum atomic E-state index is -0.841. The fourth-order valence-corrected chi connectivity index (χ4v) is 4.88. The molecule has 1 aromatic carbocycles. The van der Waals surface area contributed by atoms with Crippen molar-refractivity contribution < 1.29 is 10.2 Å². The lowest BCUT2D eigenvalue weighted by Gasteiger charge is -2.22. The number of imidazole rings is 1. The van der Waals surface area contributed by atoms with Crippen molar-refractivity contribution in [1.82, 2.24) is 19.5 Å². The molecule has 5 rings (SSSR count). The predicted octanol–water partition coefficient (Wildman–Crippen LogP) is 3.16. The summed E-state index contributed by atoms with van der Waals surface area (Å²) in [6.07, 6.45) is 8.69. The number of hydrogen-bond acceptors (Lipinski definition) is 6. The van der Waals surface area contributed by atoms with Crippen LogP contribution >= 0.6 is 11.6 Å². The van der Waals surface area contributed by atoms with E-state index in [1.807, 2.05) is 28.8 Å². The van der Waals surface area contributed by atoms with Crippen molar-refractivity contribution in [2.45, 2.75) is 50.5 Å². The van der Waals surface area contributed by atoms with E-state index in [2.05, 4.69) is 38.0 Å². The summed E-state index contributed by atoms with van der Waals surface area (Å²) in [7, 11) is 0. The van der Waals surface area contributed by atoms with Gasteiger partial charge >= 0.3 is 0 Å². The Morgan fingerprint density at radius 2 is 2.06 bits per heavy atom. The molecule has 3 aromatic rings. The van der Waals surface area contributed by atoms with Crippen molar-refractivity contribution in [2.75, 3.05) is 5.32 Å². The second-order valence-electron chi connectivity index (χ2n) is 8.61. The van der Waals surface area contributed by atoms with Crippen LogP contribution in [0.25, 0.3) is 11.2 Å². The third-order valence-corrected chi connectivity index (χ3v) is 6.60. The second-order valence-corrected chi connectivity index (χ2v) is 8.95. The number of terminal acetylenes is 1. The number of fused-ring (bicyclic) bond motifs is 2. The van der Waals surface area contributed by atoms with Crippen molar-refractivity contribution in [3.05, 3.63) is 47.0 Å². The Morgan fingerprint density at radius 3 is 2.85 bits per heavy atom. The summed E-state index contributed by atoms with van der Waals surface area (Å²) < 4.78 is 1.83. The lowest BCUT2D eigenvalue weighted by molar-refractivity contribution is 0.00386. The highest BCUT2D eigenvalue weighted by atomic mass is 35.5. The average molecular weight is 462 g/mol. The molecule has 168 valence electrons. The lowest BCUT2D eigenvalue weighted by Crippen LogP contribution is -2.31. The van der Waals surface area contributed by atoms with Crippen molar-refractivity contribution in [1.29, 1.82) is 0 Å². The van der Waals surface area contributed by atoms with Gasteiger partial charge in [-0.2, -0.15) is 9.97 Å². The summed E-state index contributed by atoms with van der Waals surface area (Å²) in [5.74, 6) is 9.86. The molecule has 33 heavy (non-hydrogen) atoms. The first-order valence-electron chi connectivity index (χ1n) is 11.1. The number of aromatic nitrogens is 4. The summed E-state index contributed by atoms with van der Waals surface area (Å²) in [5, 5.41) is 24.1. The van der Waals surface area contributed by atoms with E-state index in [1.54, 1.807) is 6.33 Å². The standard InChI is InChI=1S/C25H24ClN5O2/c1-2-3-4-5-6-8-15-9-7-10-16(11-15)13-27-23-19-24(30-25(26)29-23)31(14-28-19)20-17-12-18(17)21(32)22(20)33/h1,7,9-11,14,17-18,20-22,32-33H,3-5,12-13H2,(H,27,29,30)/t17-,18+,20+,21+,22-/m0/s1. The number of halogens is 1. The maximum Gasteiger partial charge on any atom is 0.226 e. The number of benzene rings is 1. The number of aliphatic hydroxyl groups is 2. The first-order chi connectivity index (χ1) is 16.1. The fourth-order valence-electron chi connectivity index (χ4n) is 4.72. The van der Waals surface area contributed by atoms with Gasteiger partial charge in [-0.1, -0.05) is 24.0 Å². The van der Waals surface area contributed by atoms with Gasteiger partial charge in [0.2, 0.25) is 5.28 Å². The van der Waals surface area contributed by atoms with Gasteiger partial charge in [0.25, 0.3) is 0 Å². The van der Waals surface area contributed by atoms with Crippen LogP contribution in [0.1, 0.15) is 42.9 Å². The number of rotatable bonds is 6. The van der Waals surface area contributed by atoms with Gasteiger partial charge in [-0.3, -0.25) is 0 Å². The Hall–Kier alpha value is -3.10. The third-order valence-electron chi connectivity index (χ3n) is 6.43. The smallest absolute Gasteiger partial charge is 0.226 e. The van der Waals surface area contributed by atoms with E-state index < -0.39 is 12.2 Å². The lowest BCUT2D eigenvalue weighted by atomic mass is 10.1. The number of anilines is 1. The van der Waals surface area contributed by atoms with Gasteiger partial charge in [-0.15, -0.1) is 12.3 Å². The molecule has 2 aromatic heterocycles. The Kier molecular flexibility index (Phi) is 5.95. The molecule has 2 aliphatic carbocycles. The summed E-state index contributed by atoms with van der Waals surface area (Å²) in [6.45, 7) is 0.511. The van der Waals surface area contributed by atoms with E-state index in [4.69, 9.17) is 18.0 Å². The number of nitrogens with one attached hydrogen (secondary N) is 1. The largest absolute Gasteiger partial charge is 0.390 e. The molecular weight excluding hydrogens is 438 g/mol. The van der Waals surface area contributed by atoms with Gasteiger partial charge < -0.3 is 20.1 Å². The summed E-state index contributed by atoms with van der Waals surface area (Å²) in [5.41, 5.74) is 3.11. The highest BCUT2D eigenvalue weighted by molar-refractivity contribution is 6.28. The Balaban J connectivity index is 1.34. The van der Waals surface area contributed by atoms with Crippen molar-refractivity contribution in [3.63, 3.8) is 0 Å². The van der Waals surface area contributed by atoms with Crippen LogP contribution in [0, 0.1) is 36.0 Å². The molecule has 0 saturated heterocycles. The first-order valence-corrected chi connectivity index (χ1v) is 11.5. The zero-order valence-electron chi connectivity index (χ0n) is 17.9. The predicted molar refractivity (Wildman–Crippen MR) is 126 cm³/mol. The topological polar surface area (TPSA) is 96.1 Å². The molecule has 2 saturated carbocycles. The molecule has 0 spiro atoms. The Labute approximate surface area is 197 Å². The SMILES string of the molecule is C#CCCCC#Cc1cccc(CNc2nc(Cl)nc3c2ncn3[C@H]2[C@H](O)[C@H](O)[C@@H]3C[C@@H]32)c1. The van der Waals surface area contributed by atoms with E-state index in [9.17, 15) is 10.2 Å². The van der Waals surface area contributed by atoms with Gasteiger partial charge in [0.1, 0.15) is 6.10 Å². The maximum absolute atomic E-state index is 10.5. The van der Waals surface area contributed by atoms with Crippen LogP contribution < -0.4 is 5.32 Å². The molecule has 3 N–H and O–H groups in total. The van der Waals surface area contributed by atoms with Crippen LogP contribution in [0.15, 0.2) is 30.6 Å². The molecule has 5 atom stereocenters. The normalized spacial score (nSPS) is 25.2. The minimum Gasteiger partial charge on any atom is -0.390 e. The monoisotopic (exact) mass is 461 g/mol. The van der Waals surface area contributed by atoms with Crippen LogP contribution in [-0.2, 0) is 6.54 Å². The van der Waals surface area contributed by atoms with Gasteiger partial charge in [-0.25, -0.2) is 4.98 Å². The number of nitrogens with zero attached hydrogens (tertiary/aromatic N) is 4. The molecule has 2 heterocycles. The van der Waals surface area contributed by atoms with Crippen LogP contribution in [0.4, 0.5) is 5.82 Å². The molecule has 0 amide bonds. The van der Waals surface area contributed by atoms with Gasteiger partial charge in [0, 0.05) is 24.9 Å². The summed E-state index contributed by atoms with van der Waals surface area (Å²) in [4.78, 5) is 13.2. The van der Waals surface area contributed by atoms with E-state index in [0.29, 0.717) is 23.5 Å². The number of unbranched alkanes of at least 4 members (excludes halogenated alkanes) is 2. The summed E-state index contributed by atoms with van der Waals surface area (Å²) >= 11 is 6.23. The van der Waals surface area contributed by atoms with Crippen LogP contribution in [0.3, 0.4) is 0 Å². The maximum atomic E-state index is 10.5. The van der Waals surface area contributed by atoms with Crippen LogP contribution in [0.2, 0.25) is 5.28 Å². The van der Waals surface area contributed by atoms with Gasteiger partial charge in [-0.05, 0) is 54.0 Å². The third kappa shape index (κ3) is 4.28. The van der Waals surface area contributed by atoms with Gasteiger partial charge in [0.05, 0.1) is 18.5 Å². The highest BCUT2D eigenvalue weighted by Gasteiger charge is 2.60. The van der Waals surface area contributed by atoms with Crippen LogP contribution in [-0.4, -0.2) is 41.9 Å². The average Bonchev–Trinajstić information content (AvgIpc) is 3.42. The molecule has 7 nitrogen and oxygen atoms in total. The first kappa shape index (κ1) is 21.7. The van der Waals surface area contributed by atoms with E-state index in [-0.39, 0.29) is 23.2 Å². The number of hydrogen-bond donors (Lipinski definition) is 3. The Bertz CT molecular complexity index is 1290. The molecule has 0 radical (unpaired) electrons. The highest BCUT2D eigenvalue weighted by Crippen LogP contribution is 2.57. The molecule has 0 aliphatic heterocycles. The van der Waals surface area contributed by atoms with E-state index in [1.165, 1.54) is 0 Å². The molecule has 8 heteroatoms. The zero-order chi connectivity index (χ0) is 22.9. The van der Waals surface area contributed by atoms with Crippen molar-refractivity contribution in [2.24, 2.45) is 11.8 Å².